The Morgan fingerprint density at radius 2 is 2.11 bits per heavy atom. The lowest BCUT2D eigenvalue weighted by Crippen LogP contribution is -2.56. The summed E-state index contributed by atoms with van der Waals surface area (Å²) in [7, 11) is 0.754. The molecule has 1 aliphatic heterocycles. The number of nitrogens with zero attached hydrogens (tertiary/aromatic N) is 3. The van der Waals surface area contributed by atoms with Crippen LogP contribution in [0.4, 0.5) is 5.69 Å². The van der Waals surface area contributed by atoms with Gasteiger partial charge in [-0.05, 0) is 31.5 Å². The maximum atomic E-state index is 12.9. The predicted octanol–water partition coefficient (Wildman–Crippen LogP) is 1.61. The summed E-state index contributed by atoms with van der Waals surface area (Å²) < 4.78 is 35.7. The number of likely N-dealkylation sites (N-methyl/N-ethyl adjacent to an activating group) is 1. The molecule has 2 aromatic rings. The quantitative estimate of drug-likeness (QED) is 0.771. The van der Waals surface area contributed by atoms with E-state index in [1.807, 2.05) is 0 Å². The number of hydrogen-bond acceptors (Lipinski definition) is 5. The molecule has 1 aliphatic rings. The number of nitrogens with one attached hydrogen (secondary N) is 2. The van der Waals surface area contributed by atoms with Crippen molar-refractivity contribution < 1.29 is 17.9 Å². The number of amides is 1. The zero-order chi connectivity index (χ0) is 20.6. The maximum Gasteiger partial charge on any atom is 0.280 e. The van der Waals surface area contributed by atoms with Gasteiger partial charge in [0.25, 0.3) is 10.2 Å². The van der Waals surface area contributed by atoms with Crippen molar-refractivity contribution in [1.82, 2.24) is 18.8 Å². The number of ether oxygens (including phenoxy) is 1. The lowest BCUT2D eigenvalue weighted by Gasteiger charge is -2.36. The Hall–Kier alpha value is -2.14. The molecule has 3 rings (SSSR count). The number of aromatic nitrogens is 2. The van der Waals surface area contributed by atoms with Gasteiger partial charge in [0.1, 0.15) is 11.8 Å². The number of hydrogen-bond donors (Lipinski definition) is 2. The number of rotatable bonds is 4. The molecule has 1 amide bonds. The second-order valence-corrected chi connectivity index (χ2v) is 8.82. The third-order valence-corrected chi connectivity index (χ3v) is 6.55. The lowest BCUT2D eigenvalue weighted by molar-refractivity contribution is -0.120. The first-order valence-electron chi connectivity index (χ1n) is 8.52. The van der Waals surface area contributed by atoms with Gasteiger partial charge in [-0.3, -0.25) is 9.48 Å². The van der Waals surface area contributed by atoms with Crippen LogP contribution < -0.4 is 14.8 Å². The standard InChI is InChI=1S/C17H22ClN5O4S/c1-10-12(9-22(2)20-10)13-8-15(23(3)28(25,26)21-13)17(24)19-14-7-11(18)5-6-16(14)27-4/h5-7,9,13,15,21H,8H2,1-4H3,(H,19,24)/t13-,15+/m0/s1. The van der Waals surface area contributed by atoms with Crippen LogP contribution in [0, 0.1) is 6.92 Å². The molecule has 11 heteroatoms. The van der Waals surface area contributed by atoms with Gasteiger partial charge in [-0.1, -0.05) is 11.6 Å². The SMILES string of the molecule is COc1ccc(Cl)cc1NC(=O)[C@H]1C[C@@H](c2cn(C)nc2C)NS(=O)(=O)N1C. The van der Waals surface area contributed by atoms with E-state index in [2.05, 4.69) is 15.1 Å². The van der Waals surface area contributed by atoms with Crippen LogP contribution in [0.2, 0.25) is 5.02 Å². The topological polar surface area (TPSA) is 106 Å². The summed E-state index contributed by atoms with van der Waals surface area (Å²) in [4.78, 5) is 12.9. The molecule has 152 valence electrons. The minimum atomic E-state index is -3.85. The Balaban J connectivity index is 1.90. The molecule has 0 spiro atoms. The highest BCUT2D eigenvalue weighted by Crippen LogP contribution is 2.32. The van der Waals surface area contributed by atoms with Gasteiger partial charge in [0.15, 0.2) is 0 Å². The molecule has 0 saturated carbocycles. The molecule has 0 aliphatic carbocycles. The fourth-order valence-corrected chi connectivity index (χ4v) is 4.70. The molecule has 1 aromatic heterocycles. The fourth-order valence-electron chi connectivity index (χ4n) is 3.27. The summed E-state index contributed by atoms with van der Waals surface area (Å²) in [6.07, 6.45) is 2.00. The molecule has 1 fully saturated rings. The van der Waals surface area contributed by atoms with E-state index in [9.17, 15) is 13.2 Å². The maximum absolute atomic E-state index is 12.9. The monoisotopic (exact) mass is 427 g/mol. The predicted molar refractivity (Wildman–Crippen MR) is 106 cm³/mol. The first kappa shape index (κ1) is 20.6. The van der Waals surface area contributed by atoms with Crippen molar-refractivity contribution in [3.63, 3.8) is 0 Å². The van der Waals surface area contributed by atoms with Gasteiger partial charge in [0.2, 0.25) is 5.91 Å². The first-order valence-corrected chi connectivity index (χ1v) is 10.3. The van der Waals surface area contributed by atoms with Crippen molar-refractivity contribution in [1.29, 1.82) is 0 Å². The average molecular weight is 428 g/mol. The summed E-state index contributed by atoms with van der Waals surface area (Å²) in [5.41, 5.74) is 1.81. The third-order valence-electron chi connectivity index (χ3n) is 4.72. The molecular weight excluding hydrogens is 406 g/mol. The van der Waals surface area contributed by atoms with E-state index in [1.54, 1.807) is 43.0 Å². The Labute approximate surface area is 168 Å². The van der Waals surface area contributed by atoms with Crippen molar-refractivity contribution >= 4 is 33.4 Å². The molecule has 2 N–H and O–H groups in total. The van der Waals surface area contributed by atoms with Gasteiger partial charge >= 0.3 is 0 Å². The second-order valence-electron chi connectivity index (χ2n) is 6.62. The molecular formula is C17H22ClN5O4S. The molecule has 9 nitrogen and oxygen atoms in total. The molecule has 0 radical (unpaired) electrons. The van der Waals surface area contributed by atoms with Gasteiger partial charge < -0.3 is 10.1 Å². The largest absolute Gasteiger partial charge is 0.495 e. The van der Waals surface area contributed by atoms with Gasteiger partial charge in [-0.2, -0.15) is 22.5 Å². The Morgan fingerprint density at radius 3 is 2.71 bits per heavy atom. The number of aryl methyl sites for hydroxylation is 2. The number of carbonyl (C=O) groups excluding carboxylic acids is 1. The zero-order valence-corrected chi connectivity index (χ0v) is 17.5. The van der Waals surface area contributed by atoms with E-state index in [-0.39, 0.29) is 6.42 Å². The smallest absolute Gasteiger partial charge is 0.280 e. The zero-order valence-electron chi connectivity index (χ0n) is 15.9. The lowest BCUT2D eigenvalue weighted by atomic mass is 10.00. The third kappa shape index (κ3) is 4.00. The normalized spacial score (nSPS) is 22.0. The second kappa shape index (κ2) is 7.70. The average Bonchev–Trinajstić information content (AvgIpc) is 2.95. The van der Waals surface area contributed by atoms with Gasteiger partial charge in [0.05, 0.1) is 24.5 Å². The van der Waals surface area contributed by atoms with Gasteiger partial charge in [-0.15, -0.1) is 0 Å². The van der Waals surface area contributed by atoms with Crippen LogP contribution >= 0.6 is 11.6 Å². The first-order chi connectivity index (χ1) is 13.1. The fraction of sp³-hybridized carbons (Fsp3) is 0.412. The highest BCUT2D eigenvalue weighted by Gasteiger charge is 2.41. The van der Waals surface area contributed by atoms with Crippen LogP contribution in [0.5, 0.6) is 5.75 Å². The van der Waals surface area contributed by atoms with E-state index >= 15 is 0 Å². The summed E-state index contributed by atoms with van der Waals surface area (Å²) >= 11 is 6.01. The number of halogens is 1. The van der Waals surface area contributed by atoms with E-state index < -0.39 is 28.2 Å². The summed E-state index contributed by atoms with van der Waals surface area (Å²) in [6, 6.07) is 3.34. The minimum Gasteiger partial charge on any atom is -0.495 e. The summed E-state index contributed by atoms with van der Waals surface area (Å²) in [5, 5.41) is 7.41. The number of methoxy groups -OCH3 is 1. The van der Waals surface area contributed by atoms with Crippen LogP contribution in [0.15, 0.2) is 24.4 Å². The number of anilines is 1. The Morgan fingerprint density at radius 1 is 1.39 bits per heavy atom. The van der Waals surface area contributed by atoms with E-state index in [0.717, 1.165) is 9.87 Å². The molecule has 28 heavy (non-hydrogen) atoms. The minimum absolute atomic E-state index is 0.247. The van der Waals surface area contributed by atoms with Crippen molar-refractivity contribution in [2.24, 2.45) is 7.05 Å². The molecule has 2 heterocycles. The number of carbonyl (C=O) groups is 1. The molecule has 0 unspecified atom stereocenters. The van der Waals surface area contributed by atoms with Crippen LogP contribution in [-0.4, -0.2) is 48.6 Å². The van der Waals surface area contributed by atoms with E-state index in [4.69, 9.17) is 16.3 Å². The van der Waals surface area contributed by atoms with E-state index in [0.29, 0.717) is 22.2 Å². The van der Waals surface area contributed by atoms with Crippen molar-refractivity contribution in [2.75, 3.05) is 19.5 Å². The van der Waals surface area contributed by atoms with Gasteiger partial charge in [0, 0.05) is 30.9 Å². The Bertz CT molecular complexity index is 1010. The van der Waals surface area contributed by atoms with Crippen molar-refractivity contribution in [3.05, 3.63) is 40.7 Å². The highest BCUT2D eigenvalue weighted by atomic mass is 35.5. The van der Waals surface area contributed by atoms with Crippen LogP contribution in [-0.2, 0) is 22.1 Å². The molecule has 2 atom stereocenters. The van der Waals surface area contributed by atoms with Gasteiger partial charge in [-0.25, -0.2) is 0 Å². The Kier molecular flexibility index (Phi) is 5.67. The van der Waals surface area contributed by atoms with Crippen LogP contribution in [0.25, 0.3) is 0 Å². The highest BCUT2D eigenvalue weighted by molar-refractivity contribution is 7.87. The molecule has 1 aromatic carbocycles. The van der Waals surface area contributed by atoms with Crippen LogP contribution in [0.1, 0.15) is 23.7 Å². The summed E-state index contributed by atoms with van der Waals surface area (Å²) in [5.74, 6) is -0.0449. The van der Waals surface area contributed by atoms with E-state index in [1.165, 1.54) is 14.2 Å². The van der Waals surface area contributed by atoms with Crippen LogP contribution in [0.3, 0.4) is 0 Å². The molecule has 1 saturated heterocycles. The van der Waals surface area contributed by atoms with Crippen molar-refractivity contribution in [2.45, 2.75) is 25.4 Å². The number of benzene rings is 1. The molecule has 0 bridgehead atoms. The summed E-state index contributed by atoms with van der Waals surface area (Å²) in [6.45, 7) is 1.80. The van der Waals surface area contributed by atoms with Crippen molar-refractivity contribution in [3.8, 4) is 5.75 Å².